The zero-order chi connectivity index (χ0) is 18.4. The molecule has 1 aromatic carbocycles. The fourth-order valence-electron chi connectivity index (χ4n) is 1.80. The number of anilines is 1. The van der Waals surface area contributed by atoms with E-state index in [0.29, 0.717) is 18.4 Å². The van der Waals surface area contributed by atoms with Crippen LogP contribution < -0.4 is 20.1 Å². The van der Waals surface area contributed by atoms with Gasteiger partial charge in [-0.2, -0.15) is 18.2 Å². The minimum Gasteiger partial charge on any atom is -0.497 e. The van der Waals surface area contributed by atoms with Crippen LogP contribution in [0.25, 0.3) is 0 Å². The van der Waals surface area contributed by atoms with Crippen LogP contribution in [0.15, 0.2) is 30.3 Å². The van der Waals surface area contributed by atoms with Crippen LogP contribution in [0.5, 0.6) is 11.6 Å². The molecule has 0 amide bonds. The molecular formula is C15H15F3N4O2S. The van der Waals surface area contributed by atoms with Crippen molar-refractivity contribution in [2.75, 3.05) is 19.5 Å². The minimum absolute atomic E-state index is 0.0807. The fraction of sp³-hybridized carbons (Fsp3) is 0.267. The Labute approximate surface area is 147 Å². The summed E-state index contributed by atoms with van der Waals surface area (Å²) in [6, 6.07) is 7.94. The van der Waals surface area contributed by atoms with E-state index in [1.165, 1.54) is 7.11 Å². The van der Waals surface area contributed by atoms with E-state index in [1.807, 2.05) is 12.1 Å². The highest BCUT2D eigenvalue weighted by Crippen LogP contribution is 2.30. The van der Waals surface area contributed by atoms with Crippen molar-refractivity contribution < 1.29 is 22.6 Å². The molecule has 0 aliphatic carbocycles. The van der Waals surface area contributed by atoms with Crippen LogP contribution in [-0.4, -0.2) is 29.3 Å². The van der Waals surface area contributed by atoms with Gasteiger partial charge in [0.25, 0.3) is 0 Å². The summed E-state index contributed by atoms with van der Waals surface area (Å²) in [5.41, 5.74) is -0.215. The van der Waals surface area contributed by atoms with Crippen LogP contribution in [-0.2, 0) is 12.7 Å². The predicted molar refractivity (Wildman–Crippen MR) is 89.6 cm³/mol. The Balaban J connectivity index is 2.01. The number of nitrogens with zero attached hydrogens (tertiary/aromatic N) is 2. The first kappa shape index (κ1) is 18.7. The molecule has 10 heteroatoms. The molecule has 1 aromatic heterocycles. The summed E-state index contributed by atoms with van der Waals surface area (Å²) in [5.74, 6) is 0.190. The van der Waals surface area contributed by atoms with E-state index < -0.39 is 11.9 Å². The average Bonchev–Trinajstić information content (AvgIpc) is 2.59. The Hall–Kier alpha value is -2.62. The van der Waals surface area contributed by atoms with E-state index in [2.05, 4.69) is 20.6 Å². The maximum absolute atomic E-state index is 12.8. The number of ether oxygens (including phenoxy) is 2. The number of nitrogens with one attached hydrogen (secondary N) is 2. The number of methoxy groups -OCH3 is 2. The molecule has 2 rings (SSSR count). The van der Waals surface area contributed by atoms with Crippen LogP contribution >= 0.6 is 12.2 Å². The molecule has 134 valence electrons. The van der Waals surface area contributed by atoms with E-state index in [1.54, 1.807) is 19.2 Å². The monoisotopic (exact) mass is 372 g/mol. The number of hydrogen-bond acceptors (Lipinski definition) is 5. The average molecular weight is 372 g/mol. The molecule has 0 saturated carbocycles. The first-order valence-electron chi connectivity index (χ1n) is 7.00. The summed E-state index contributed by atoms with van der Waals surface area (Å²) in [6.07, 6.45) is -4.62. The maximum atomic E-state index is 12.8. The van der Waals surface area contributed by atoms with Crippen LogP contribution in [0.2, 0.25) is 0 Å². The number of benzene rings is 1. The summed E-state index contributed by atoms with van der Waals surface area (Å²) in [5, 5.41) is 5.45. The number of alkyl halides is 3. The highest BCUT2D eigenvalue weighted by Gasteiger charge is 2.34. The van der Waals surface area contributed by atoms with Crippen LogP contribution in [0.1, 0.15) is 11.3 Å². The van der Waals surface area contributed by atoms with Crippen molar-refractivity contribution in [2.45, 2.75) is 12.7 Å². The Kier molecular flexibility index (Phi) is 5.97. The van der Waals surface area contributed by atoms with Gasteiger partial charge in [0.15, 0.2) is 10.8 Å². The maximum Gasteiger partial charge on any atom is 0.433 e. The molecule has 0 atom stereocenters. The smallest absolute Gasteiger partial charge is 0.433 e. The molecule has 6 nitrogen and oxygen atoms in total. The van der Waals surface area contributed by atoms with E-state index in [9.17, 15) is 13.2 Å². The Morgan fingerprint density at radius 1 is 1.12 bits per heavy atom. The zero-order valence-electron chi connectivity index (χ0n) is 13.3. The van der Waals surface area contributed by atoms with E-state index in [0.717, 1.165) is 5.56 Å². The van der Waals surface area contributed by atoms with Gasteiger partial charge >= 0.3 is 6.18 Å². The van der Waals surface area contributed by atoms with E-state index in [4.69, 9.17) is 21.7 Å². The van der Waals surface area contributed by atoms with Crippen LogP contribution in [0.4, 0.5) is 19.1 Å². The third-order valence-corrected chi connectivity index (χ3v) is 3.29. The number of aromatic nitrogens is 2. The standard InChI is InChI=1S/C15H15F3N4O2S/c1-23-10-5-3-9(4-6-10)8-19-14(25)22-13-20-11(15(16,17)18)7-12(21-13)24-2/h3-7H,8H2,1-2H3,(H2,19,20,21,22,25). The van der Waals surface area contributed by atoms with Crippen LogP contribution in [0, 0.1) is 0 Å². The largest absolute Gasteiger partial charge is 0.497 e. The minimum atomic E-state index is -4.62. The summed E-state index contributed by atoms with van der Waals surface area (Å²) in [6.45, 7) is 0.367. The van der Waals surface area contributed by atoms with Crippen molar-refractivity contribution in [3.63, 3.8) is 0 Å². The molecule has 2 N–H and O–H groups in total. The number of halogens is 3. The highest BCUT2D eigenvalue weighted by atomic mass is 32.1. The van der Waals surface area contributed by atoms with Gasteiger partial charge in [0.05, 0.1) is 14.2 Å². The second kappa shape index (κ2) is 7.97. The van der Waals surface area contributed by atoms with Gasteiger partial charge in [-0.3, -0.25) is 0 Å². The molecule has 0 saturated heterocycles. The molecule has 0 aliphatic rings. The summed E-state index contributed by atoms with van der Waals surface area (Å²) < 4.78 is 48.3. The molecule has 25 heavy (non-hydrogen) atoms. The summed E-state index contributed by atoms with van der Waals surface area (Å²) in [4.78, 5) is 7.19. The van der Waals surface area contributed by atoms with Crippen molar-refractivity contribution in [2.24, 2.45) is 0 Å². The Morgan fingerprint density at radius 3 is 2.36 bits per heavy atom. The fourth-order valence-corrected chi connectivity index (χ4v) is 1.97. The Morgan fingerprint density at radius 2 is 1.80 bits per heavy atom. The predicted octanol–water partition coefficient (Wildman–Crippen LogP) is 3.00. The van der Waals surface area contributed by atoms with Crippen molar-refractivity contribution in [1.29, 1.82) is 0 Å². The number of hydrogen-bond donors (Lipinski definition) is 2. The van der Waals surface area contributed by atoms with Gasteiger partial charge < -0.3 is 20.1 Å². The van der Waals surface area contributed by atoms with E-state index >= 15 is 0 Å². The van der Waals surface area contributed by atoms with Gasteiger partial charge in [0, 0.05) is 12.6 Å². The second-order valence-electron chi connectivity index (χ2n) is 4.77. The van der Waals surface area contributed by atoms with E-state index in [-0.39, 0.29) is 16.9 Å². The van der Waals surface area contributed by atoms with Crippen molar-refractivity contribution in [3.05, 3.63) is 41.6 Å². The lowest BCUT2D eigenvalue weighted by atomic mass is 10.2. The first-order chi connectivity index (χ1) is 11.8. The Bertz CT molecular complexity index is 739. The van der Waals surface area contributed by atoms with Gasteiger partial charge in [-0.05, 0) is 29.9 Å². The molecule has 0 radical (unpaired) electrons. The third-order valence-electron chi connectivity index (χ3n) is 3.04. The third kappa shape index (κ3) is 5.45. The van der Waals surface area contributed by atoms with Gasteiger partial charge in [0.2, 0.25) is 11.8 Å². The van der Waals surface area contributed by atoms with Crippen LogP contribution in [0.3, 0.4) is 0 Å². The molecule has 1 heterocycles. The SMILES string of the molecule is COc1ccc(CNC(=S)Nc2nc(OC)cc(C(F)(F)F)n2)cc1. The normalized spacial score (nSPS) is 10.9. The van der Waals surface area contributed by atoms with Crippen molar-refractivity contribution in [3.8, 4) is 11.6 Å². The lowest BCUT2D eigenvalue weighted by Gasteiger charge is -2.12. The van der Waals surface area contributed by atoms with Crippen molar-refractivity contribution in [1.82, 2.24) is 15.3 Å². The highest BCUT2D eigenvalue weighted by molar-refractivity contribution is 7.80. The summed E-state index contributed by atoms with van der Waals surface area (Å²) in [7, 11) is 2.78. The van der Waals surface area contributed by atoms with Gasteiger partial charge in [0.1, 0.15) is 5.75 Å². The van der Waals surface area contributed by atoms with Gasteiger partial charge in [-0.1, -0.05) is 12.1 Å². The molecule has 0 unspecified atom stereocenters. The first-order valence-corrected chi connectivity index (χ1v) is 7.40. The lowest BCUT2D eigenvalue weighted by molar-refractivity contribution is -0.141. The molecule has 2 aromatic rings. The second-order valence-corrected chi connectivity index (χ2v) is 5.18. The molecule has 0 bridgehead atoms. The van der Waals surface area contributed by atoms with Gasteiger partial charge in [-0.15, -0.1) is 0 Å². The van der Waals surface area contributed by atoms with Gasteiger partial charge in [-0.25, -0.2) is 4.98 Å². The lowest BCUT2D eigenvalue weighted by Crippen LogP contribution is -2.29. The number of thiocarbonyl (C=S) groups is 1. The molecule has 0 aliphatic heterocycles. The topological polar surface area (TPSA) is 68.3 Å². The number of rotatable bonds is 5. The molecule has 0 spiro atoms. The molecule has 0 fully saturated rings. The quantitative estimate of drug-likeness (QED) is 0.782. The summed E-state index contributed by atoms with van der Waals surface area (Å²) >= 11 is 5.05. The molecular weight excluding hydrogens is 357 g/mol. The zero-order valence-corrected chi connectivity index (χ0v) is 14.2. The van der Waals surface area contributed by atoms with Crippen molar-refractivity contribution >= 4 is 23.3 Å².